The molecule has 1 aliphatic carbocycles. The van der Waals surface area contributed by atoms with Gasteiger partial charge in [-0.25, -0.2) is 4.98 Å². The number of hydrogen-bond acceptors (Lipinski definition) is 7. The van der Waals surface area contributed by atoms with Crippen LogP contribution in [0.4, 0.5) is 0 Å². The normalized spacial score (nSPS) is 13.5. The van der Waals surface area contributed by atoms with E-state index in [0.717, 1.165) is 41.2 Å². The summed E-state index contributed by atoms with van der Waals surface area (Å²) in [6.07, 6.45) is 3.77. The van der Waals surface area contributed by atoms with Crippen LogP contribution in [0, 0.1) is 0 Å². The number of nitrogens with zero attached hydrogens (tertiary/aromatic N) is 2. The Bertz CT molecular complexity index is 952. The Morgan fingerprint density at radius 3 is 2.61 bits per heavy atom. The van der Waals surface area contributed by atoms with E-state index in [-0.39, 0.29) is 5.97 Å². The summed E-state index contributed by atoms with van der Waals surface area (Å²) in [4.78, 5) is 18.4. The maximum Gasteiger partial charge on any atom is 0.305 e. The second kappa shape index (κ2) is 10.6. The fourth-order valence-corrected chi connectivity index (χ4v) is 4.29. The van der Waals surface area contributed by atoms with E-state index in [1.54, 1.807) is 0 Å². The van der Waals surface area contributed by atoms with E-state index in [1.165, 1.54) is 24.2 Å². The highest BCUT2D eigenvalue weighted by molar-refractivity contribution is 7.20. The number of rotatable bonds is 12. The molecule has 0 amide bonds. The minimum absolute atomic E-state index is 0.109. The van der Waals surface area contributed by atoms with Crippen molar-refractivity contribution in [1.29, 1.82) is 0 Å². The number of hydrogen-bond donors (Lipinski definition) is 0. The lowest BCUT2D eigenvalue weighted by molar-refractivity contribution is -0.143. The van der Waals surface area contributed by atoms with Gasteiger partial charge in [-0.2, -0.15) is 0 Å². The van der Waals surface area contributed by atoms with Crippen molar-refractivity contribution in [3.05, 3.63) is 48.5 Å². The lowest BCUT2D eigenvalue weighted by Crippen LogP contribution is -2.32. The first kappa shape index (κ1) is 21.6. The molecule has 164 valence electrons. The van der Waals surface area contributed by atoms with Crippen molar-refractivity contribution in [2.45, 2.75) is 38.6 Å². The van der Waals surface area contributed by atoms with Gasteiger partial charge in [0.05, 0.1) is 16.8 Å². The highest BCUT2D eigenvalue weighted by atomic mass is 32.1. The van der Waals surface area contributed by atoms with Crippen LogP contribution in [0.1, 0.15) is 32.6 Å². The van der Waals surface area contributed by atoms with Crippen molar-refractivity contribution in [1.82, 2.24) is 9.88 Å². The van der Waals surface area contributed by atoms with Gasteiger partial charge in [-0.15, -0.1) is 0 Å². The lowest BCUT2D eigenvalue weighted by Gasteiger charge is -2.21. The second-order valence-corrected chi connectivity index (χ2v) is 8.54. The Morgan fingerprint density at radius 2 is 1.87 bits per heavy atom. The zero-order valence-corrected chi connectivity index (χ0v) is 18.6. The first-order valence-electron chi connectivity index (χ1n) is 10.9. The van der Waals surface area contributed by atoms with Gasteiger partial charge >= 0.3 is 5.97 Å². The standard InChI is InChI=1S/C24H28N2O4S/c1-2-28-23(27)8-5-15-26(18-9-10-18)16-17-29-19-11-13-20(14-12-19)30-24-25-21-6-3-4-7-22(21)31-24/h3-4,6-7,11-14,18H,2,5,8-10,15-17H2,1H3. The molecule has 0 saturated heterocycles. The number of benzene rings is 2. The molecule has 7 heteroatoms. The first-order valence-corrected chi connectivity index (χ1v) is 11.7. The maximum absolute atomic E-state index is 11.5. The minimum atomic E-state index is -0.109. The van der Waals surface area contributed by atoms with E-state index in [1.807, 2.05) is 55.5 Å². The van der Waals surface area contributed by atoms with Gasteiger partial charge in [0.15, 0.2) is 0 Å². The Balaban J connectivity index is 1.21. The van der Waals surface area contributed by atoms with E-state index in [9.17, 15) is 4.79 Å². The molecule has 0 radical (unpaired) electrons. The van der Waals surface area contributed by atoms with Gasteiger partial charge in [0, 0.05) is 19.0 Å². The van der Waals surface area contributed by atoms with Gasteiger partial charge in [-0.1, -0.05) is 23.5 Å². The zero-order valence-electron chi connectivity index (χ0n) is 17.8. The Kier molecular flexibility index (Phi) is 7.38. The number of carbonyl (C=O) groups excluding carboxylic acids is 1. The van der Waals surface area contributed by atoms with Crippen LogP contribution in [-0.2, 0) is 9.53 Å². The van der Waals surface area contributed by atoms with Crippen molar-refractivity contribution in [2.24, 2.45) is 0 Å². The molecule has 0 atom stereocenters. The van der Waals surface area contributed by atoms with Gasteiger partial charge in [0.1, 0.15) is 18.1 Å². The average molecular weight is 441 g/mol. The van der Waals surface area contributed by atoms with Crippen LogP contribution < -0.4 is 9.47 Å². The molecular weight excluding hydrogens is 412 g/mol. The van der Waals surface area contributed by atoms with Gasteiger partial charge in [-0.3, -0.25) is 9.69 Å². The van der Waals surface area contributed by atoms with E-state index >= 15 is 0 Å². The molecule has 1 saturated carbocycles. The molecule has 1 aliphatic rings. The number of carbonyl (C=O) groups is 1. The van der Waals surface area contributed by atoms with E-state index in [0.29, 0.717) is 30.9 Å². The summed E-state index contributed by atoms with van der Waals surface area (Å²) in [5.41, 5.74) is 0.949. The van der Waals surface area contributed by atoms with Gasteiger partial charge in [0.2, 0.25) is 0 Å². The Morgan fingerprint density at radius 1 is 1.10 bits per heavy atom. The highest BCUT2D eigenvalue weighted by Crippen LogP contribution is 2.32. The third-order valence-electron chi connectivity index (χ3n) is 5.15. The Hall–Kier alpha value is -2.64. The molecule has 1 aromatic heterocycles. The molecule has 1 heterocycles. The number of thiazole rings is 1. The fraction of sp³-hybridized carbons (Fsp3) is 0.417. The monoisotopic (exact) mass is 440 g/mol. The lowest BCUT2D eigenvalue weighted by atomic mass is 10.3. The van der Waals surface area contributed by atoms with Crippen LogP contribution in [0.3, 0.4) is 0 Å². The smallest absolute Gasteiger partial charge is 0.305 e. The number of aromatic nitrogens is 1. The van der Waals surface area contributed by atoms with Crippen molar-refractivity contribution < 1.29 is 19.0 Å². The van der Waals surface area contributed by atoms with Crippen LogP contribution in [0.2, 0.25) is 0 Å². The SMILES string of the molecule is CCOC(=O)CCCN(CCOc1ccc(Oc2nc3ccccc3s2)cc1)C1CC1. The third-order valence-corrected chi connectivity index (χ3v) is 6.06. The van der Waals surface area contributed by atoms with Crippen LogP contribution in [0.5, 0.6) is 16.7 Å². The molecule has 0 bridgehead atoms. The number of para-hydroxylation sites is 1. The molecule has 0 aliphatic heterocycles. The summed E-state index contributed by atoms with van der Waals surface area (Å²) in [7, 11) is 0. The largest absolute Gasteiger partial charge is 0.492 e. The molecule has 31 heavy (non-hydrogen) atoms. The molecule has 0 spiro atoms. The number of fused-ring (bicyclic) bond motifs is 1. The van der Waals surface area contributed by atoms with Crippen molar-refractivity contribution in [3.63, 3.8) is 0 Å². The van der Waals surface area contributed by atoms with Crippen LogP contribution in [0.15, 0.2) is 48.5 Å². The van der Waals surface area contributed by atoms with E-state index in [2.05, 4.69) is 9.88 Å². The third kappa shape index (κ3) is 6.42. The molecule has 0 unspecified atom stereocenters. The summed E-state index contributed by atoms with van der Waals surface area (Å²) in [5.74, 6) is 1.45. The number of esters is 1. The zero-order chi connectivity index (χ0) is 21.5. The van der Waals surface area contributed by atoms with Crippen LogP contribution >= 0.6 is 11.3 Å². The molecule has 0 N–H and O–H groups in total. The van der Waals surface area contributed by atoms with Crippen LogP contribution in [-0.4, -0.2) is 48.2 Å². The van der Waals surface area contributed by atoms with Gasteiger partial charge < -0.3 is 14.2 Å². The molecule has 6 nitrogen and oxygen atoms in total. The van der Waals surface area contributed by atoms with Crippen LogP contribution in [0.25, 0.3) is 10.2 Å². The molecule has 4 rings (SSSR count). The van der Waals surface area contributed by atoms with Gasteiger partial charge in [0.25, 0.3) is 5.19 Å². The topological polar surface area (TPSA) is 60.9 Å². The summed E-state index contributed by atoms with van der Waals surface area (Å²) >= 11 is 1.53. The number of ether oxygens (including phenoxy) is 3. The predicted octanol–water partition coefficient (Wildman–Crippen LogP) is 5.28. The maximum atomic E-state index is 11.5. The summed E-state index contributed by atoms with van der Waals surface area (Å²) in [5, 5.41) is 0.637. The summed E-state index contributed by atoms with van der Waals surface area (Å²) in [6, 6.07) is 16.3. The minimum Gasteiger partial charge on any atom is -0.492 e. The first-order chi connectivity index (χ1) is 15.2. The van der Waals surface area contributed by atoms with Crippen molar-refractivity contribution in [3.8, 4) is 16.7 Å². The average Bonchev–Trinajstić information content (AvgIpc) is 3.53. The van der Waals surface area contributed by atoms with Gasteiger partial charge in [-0.05, 0) is 69.1 Å². The second-order valence-electron chi connectivity index (χ2n) is 7.55. The quantitative estimate of drug-likeness (QED) is 0.357. The Labute approximate surface area is 186 Å². The molecule has 1 fully saturated rings. The van der Waals surface area contributed by atoms with E-state index < -0.39 is 0 Å². The molecular formula is C24H28N2O4S. The molecule has 2 aromatic carbocycles. The fourth-order valence-electron chi connectivity index (χ4n) is 3.46. The molecule has 3 aromatic rings. The van der Waals surface area contributed by atoms with E-state index in [4.69, 9.17) is 14.2 Å². The van der Waals surface area contributed by atoms with Crippen molar-refractivity contribution >= 4 is 27.5 Å². The predicted molar refractivity (Wildman–Crippen MR) is 122 cm³/mol. The summed E-state index contributed by atoms with van der Waals surface area (Å²) in [6.45, 7) is 4.67. The highest BCUT2D eigenvalue weighted by Gasteiger charge is 2.28. The summed E-state index contributed by atoms with van der Waals surface area (Å²) < 4.78 is 17.9. The van der Waals surface area contributed by atoms with Crippen molar-refractivity contribution in [2.75, 3.05) is 26.3 Å².